The third-order valence-corrected chi connectivity index (χ3v) is 2.64. The van der Waals surface area contributed by atoms with Gasteiger partial charge in [0.1, 0.15) is 17.2 Å². The summed E-state index contributed by atoms with van der Waals surface area (Å²) in [4.78, 5) is 0. The molecule has 0 aliphatic heterocycles. The second kappa shape index (κ2) is 5.23. The van der Waals surface area contributed by atoms with Crippen molar-refractivity contribution < 1.29 is 9.84 Å². The maximum Gasteiger partial charge on any atom is 0.128 e. The van der Waals surface area contributed by atoms with Crippen LogP contribution in [-0.4, -0.2) is 17.9 Å². The highest BCUT2D eigenvalue weighted by molar-refractivity contribution is 6.14. The highest BCUT2D eigenvalue weighted by atomic mass is 16.5. The molecule has 0 unspecified atom stereocenters. The van der Waals surface area contributed by atoms with Crippen molar-refractivity contribution in [3.8, 4) is 11.5 Å². The van der Waals surface area contributed by atoms with Crippen LogP contribution in [0.15, 0.2) is 53.6 Å². The van der Waals surface area contributed by atoms with Gasteiger partial charge in [-0.15, -0.1) is 0 Å². The predicted octanol–water partition coefficient (Wildman–Crippen LogP) is 2.11. The molecule has 0 aliphatic rings. The van der Waals surface area contributed by atoms with Crippen molar-refractivity contribution in [3.05, 3.63) is 59.7 Å². The lowest BCUT2D eigenvalue weighted by Gasteiger charge is -2.09. The van der Waals surface area contributed by atoms with Crippen LogP contribution < -0.4 is 10.6 Å². The number of nitrogens with two attached hydrogens (primary N) is 1. The number of rotatable bonds is 3. The van der Waals surface area contributed by atoms with Crippen LogP contribution in [0.3, 0.4) is 0 Å². The first kappa shape index (κ1) is 12.0. The maximum absolute atomic E-state index is 9.97. The molecular formula is C14H14N2O2. The zero-order valence-electron chi connectivity index (χ0n) is 10.00. The molecular weight excluding hydrogens is 228 g/mol. The molecule has 3 N–H and O–H groups in total. The Bertz CT molecular complexity index is 565. The molecule has 92 valence electrons. The molecule has 0 saturated heterocycles. The second-order valence-corrected chi connectivity index (χ2v) is 3.73. The monoisotopic (exact) mass is 242 g/mol. The van der Waals surface area contributed by atoms with Crippen LogP contribution in [0.25, 0.3) is 0 Å². The zero-order chi connectivity index (χ0) is 13.0. The summed E-state index contributed by atoms with van der Waals surface area (Å²) in [6.07, 6.45) is 0. The average Bonchev–Trinajstić information content (AvgIpc) is 2.42. The van der Waals surface area contributed by atoms with E-state index in [2.05, 4.69) is 5.10 Å². The van der Waals surface area contributed by atoms with Gasteiger partial charge in [0.2, 0.25) is 0 Å². The van der Waals surface area contributed by atoms with Crippen molar-refractivity contribution in [2.45, 2.75) is 0 Å². The fourth-order valence-electron chi connectivity index (χ4n) is 1.73. The van der Waals surface area contributed by atoms with Crippen LogP contribution in [0, 0.1) is 0 Å². The topological polar surface area (TPSA) is 67.8 Å². The standard InChI is InChI=1S/C14H14N2O2/c1-18-11-7-8-12(13(17)9-11)14(16-15)10-5-3-2-4-6-10/h2-9,17H,15H2,1H3. The molecule has 18 heavy (non-hydrogen) atoms. The van der Waals surface area contributed by atoms with Gasteiger partial charge in [-0.1, -0.05) is 30.3 Å². The summed E-state index contributed by atoms with van der Waals surface area (Å²) in [5, 5.41) is 13.7. The fourth-order valence-corrected chi connectivity index (χ4v) is 1.73. The minimum atomic E-state index is 0.0856. The van der Waals surface area contributed by atoms with Crippen LogP contribution in [0.1, 0.15) is 11.1 Å². The number of aromatic hydroxyl groups is 1. The second-order valence-electron chi connectivity index (χ2n) is 3.73. The smallest absolute Gasteiger partial charge is 0.128 e. The van der Waals surface area contributed by atoms with Crippen LogP contribution in [0.4, 0.5) is 0 Å². The van der Waals surface area contributed by atoms with Gasteiger partial charge in [0.15, 0.2) is 0 Å². The van der Waals surface area contributed by atoms with Crippen molar-refractivity contribution in [2.24, 2.45) is 10.9 Å². The number of phenolic OH excluding ortho intramolecular Hbond substituents is 1. The van der Waals surface area contributed by atoms with Gasteiger partial charge in [-0.25, -0.2) is 0 Å². The van der Waals surface area contributed by atoms with Crippen LogP contribution in [0.2, 0.25) is 0 Å². The summed E-state index contributed by atoms with van der Waals surface area (Å²) in [5.74, 6) is 6.09. The van der Waals surface area contributed by atoms with E-state index < -0.39 is 0 Å². The molecule has 2 rings (SSSR count). The van der Waals surface area contributed by atoms with Crippen molar-refractivity contribution in [3.63, 3.8) is 0 Å². The minimum Gasteiger partial charge on any atom is -0.507 e. The highest BCUT2D eigenvalue weighted by Gasteiger charge is 2.11. The predicted molar refractivity (Wildman–Crippen MR) is 70.9 cm³/mol. The Morgan fingerprint density at radius 2 is 1.89 bits per heavy atom. The van der Waals surface area contributed by atoms with Crippen molar-refractivity contribution in [1.29, 1.82) is 0 Å². The minimum absolute atomic E-state index is 0.0856. The van der Waals surface area contributed by atoms with Gasteiger partial charge in [0, 0.05) is 17.2 Å². The number of hydrogen-bond donors (Lipinski definition) is 2. The first-order valence-corrected chi connectivity index (χ1v) is 5.47. The van der Waals surface area contributed by atoms with Gasteiger partial charge in [-0.05, 0) is 12.1 Å². The Morgan fingerprint density at radius 3 is 2.44 bits per heavy atom. The molecule has 2 aromatic rings. The van der Waals surface area contributed by atoms with Crippen molar-refractivity contribution >= 4 is 5.71 Å². The number of hydrazone groups is 1. The largest absolute Gasteiger partial charge is 0.507 e. The molecule has 0 bridgehead atoms. The lowest BCUT2D eigenvalue weighted by molar-refractivity contribution is 0.407. The lowest BCUT2D eigenvalue weighted by Crippen LogP contribution is -2.06. The molecule has 0 fully saturated rings. The van der Waals surface area contributed by atoms with Gasteiger partial charge in [-0.3, -0.25) is 0 Å². The molecule has 0 amide bonds. The molecule has 0 radical (unpaired) electrons. The maximum atomic E-state index is 9.97. The van der Waals surface area contributed by atoms with Crippen LogP contribution >= 0.6 is 0 Å². The Hall–Kier alpha value is -2.49. The molecule has 2 aromatic carbocycles. The molecule has 0 spiro atoms. The molecule has 4 nitrogen and oxygen atoms in total. The molecule has 0 aliphatic carbocycles. The first-order valence-electron chi connectivity index (χ1n) is 5.47. The quantitative estimate of drug-likeness (QED) is 0.492. The van der Waals surface area contributed by atoms with Crippen LogP contribution in [0.5, 0.6) is 11.5 Å². The Balaban J connectivity index is 2.47. The van der Waals surface area contributed by atoms with Crippen LogP contribution in [-0.2, 0) is 0 Å². The fraction of sp³-hybridized carbons (Fsp3) is 0.0714. The summed E-state index contributed by atoms with van der Waals surface area (Å²) in [7, 11) is 1.55. The molecule has 4 heteroatoms. The number of nitrogens with zero attached hydrogens (tertiary/aromatic N) is 1. The highest BCUT2D eigenvalue weighted by Crippen LogP contribution is 2.25. The normalized spacial score (nSPS) is 11.3. The number of benzene rings is 2. The summed E-state index contributed by atoms with van der Waals surface area (Å²) < 4.78 is 5.04. The van der Waals surface area contributed by atoms with E-state index in [4.69, 9.17) is 10.6 Å². The Kier molecular flexibility index (Phi) is 3.48. The van der Waals surface area contributed by atoms with E-state index in [0.29, 0.717) is 17.0 Å². The molecule has 0 atom stereocenters. The van der Waals surface area contributed by atoms with E-state index in [1.807, 2.05) is 30.3 Å². The average molecular weight is 242 g/mol. The van der Waals surface area contributed by atoms with E-state index in [0.717, 1.165) is 5.56 Å². The van der Waals surface area contributed by atoms with E-state index in [-0.39, 0.29) is 5.75 Å². The van der Waals surface area contributed by atoms with Gasteiger partial charge < -0.3 is 15.7 Å². The van der Waals surface area contributed by atoms with E-state index >= 15 is 0 Å². The number of phenols is 1. The summed E-state index contributed by atoms with van der Waals surface area (Å²) in [6.45, 7) is 0. The third-order valence-electron chi connectivity index (χ3n) is 2.64. The number of hydrogen-bond acceptors (Lipinski definition) is 4. The Labute approximate surface area is 105 Å². The van der Waals surface area contributed by atoms with E-state index in [1.165, 1.54) is 6.07 Å². The first-order chi connectivity index (χ1) is 8.76. The van der Waals surface area contributed by atoms with Gasteiger partial charge in [0.25, 0.3) is 0 Å². The zero-order valence-corrected chi connectivity index (χ0v) is 10.00. The van der Waals surface area contributed by atoms with Crippen molar-refractivity contribution in [2.75, 3.05) is 7.11 Å². The summed E-state index contributed by atoms with van der Waals surface area (Å²) >= 11 is 0. The number of methoxy groups -OCH3 is 1. The van der Waals surface area contributed by atoms with E-state index in [9.17, 15) is 5.11 Å². The van der Waals surface area contributed by atoms with E-state index in [1.54, 1.807) is 19.2 Å². The van der Waals surface area contributed by atoms with Gasteiger partial charge in [-0.2, -0.15) is 5.10 Å². The Morgan fingerprint density at radius 1 is 1.17 bits per heavy atom. The van der Waals surface area contributed by atoms with Gasteiger partial charge in [0.05, 0.1) is 7.11 Å². The molecule has 0 saturated carbocycles. The van der Waals surface area contributed by atoms with Gasteiger partial charge >= 0.3 is 0 Å². The summed E-state index contributed by atoms with van der Waals surface area (Å²) in [5.41, 5.74) is 1.96. The SMILES string of the molecule is COc1ccc(C(=NN)c2ccccc2)c(O)c1. The summed E-state index contributed by atoms with van der Waals surface area (Å²) in [6, 6.07) is 14.5. The lowest BCUT2D eigenvalue weighted by atomic mass is 10.0. The molecule has 0 aromatic heterocycles. The molecule has 0 heterocycles. The number of ether oxygens (including phenoxy) is 1. The third kappa shape index (κ3) is 2.27. The van der Waals surface area contributed by atoms with Crippen molar-refractivity contribution in [1.82, 2.24) is 0 Å².